The molecule has 1 fully saturated rings. The summed E-state index contributed by atoms with van der Waals surface area (Å²) in [6.45, 7) is -0.283. The quantitative estimate of drug-likeness (QED) is 0.603. The van der Waals surface area contributed by atoms with E-state index in [0.29, 0.717) is 12.8 Å². The second-order valence-electron chi connectivity index (χ2n) is 4.00. The summed E-state index contributed by atoms with van der Waals surface area (Å²) in [6, 6.07) is 1.50. The summed E-state index contributed by atoms with van der Waals surface area (Å²) in [5.74, 6) is 0.154. The molecule has 2 rings (SSSR count). The Morgan fingerprint density at radius 2 is 2.35 bits per heavy atom. The zero-order valence-electron chi connectivity index (χ0n) is 9.19. The van der Waals surface area contributed by atoms with Crippen LogP contribution in [0.5, 0.6) is 0 Å². The predicted molar refractivity (Wildman–Crippen MR) is 59.1 cm³/mol. The smallest absolute Gasteiger partial charge is 0.351 e. The molecule has 1 saturated heterocycles. The lowest BCUT2D eigenvalue weighted by atomic mass is 10.0. The summed E-state index contributed by atoms with van der Waals surface area (Å²) in [6.07, 6.45) is 0.570. The molecule has 94 valence electrons. The molecule has 7 heteroatoms. The van der Waals surface area contributed by atoms with E-state index in [2.05, 4.69) is 4.98 Å². The van der Waals surface area contributed by atoms with E-state index in [1.165, 1.54) is 16.8 Å². The minimum Gasteiger partial charge on any atom is -0.394 e. The van der Waals surface area contributed by atoms with E-state index in [4.69, 9.17) is 15.6 Å². The van der Waals surface area contributed by atoms with Gasteiger partial charge in [0, 0.05) is 6.20 Å². The number of ether oxygens (including phenoxy) is 1. The van der Waals surface area contributed by atoms with Crippen LogP contribution in [0.25, 0.3) is 0 Å². The van der Waals surface area contributed by atoms with Gasteiger partial charge in [0.1, 0.15) is 18.1 Å². The van der Waals surface area contributed by atoms with Gasteiger partial charge in [-0.15, -0.1) is 0 Å². The van der Waals surface area contributed by atoms with Gasteiger partial charge in [0.05, 0.1) is 12.7 Å². The standard InChI is InChI=1S/C10H15N3O4/c11-8-3-4-13(10(16)12-8)9-2-1-6(15)7(5-14)17-9/h3-4,6-7,9,14-15H,1-2,5H2,(H2,11,12,16)/t6?,7-,9-/m1/s1. The Morgan fingerprint density at radius 1 is 1.59 bits per heavy atom. The molecule has 1 aromatic rings. The molecule has 17 heavy (non-hydrogen) atoms. The van der Waals surface area contributed by atoms with Gasteiger partial charge in [-0.25, -0.2) is 4.79 Å². The lowest BCUT2D eigenvalue weighted by molar-refractivity contribution is -0.160. The zero-order valence-corrected chi connectivity index (χ0v) is 9.19. The molecule has 0 saturated carbocycles. The molecule has 4 N–H and O–H groups in total. The van der Waals surface area contributed by atoms with E-state index in [0.717, 1.165) is 0 Å². The van der Waals surface area contributed by atoms with Crippen molar-refractivity contribution in [3.63, 3.8) is 0 Å². The molecule has 2 heterocycles. The van der Waals surface area contributed by atoms with Crippen LogP contribution in [0.15, 0.2) is 17.1 Å². The Kier molecular flexibility index (Phi) is 3.41. The van der Waals surface area contributed by atoms with Crippen LogP contribution in [0.3, 0.4) is 0 Å². The zero-order chi connectivity index (χ0) is 12.4. The average Bonchev–Trinajstić information content (AvgIpc) is 2.30. The van der Waals surface area contributed by atoms with Crippen molar-refractivity contribution in [3.8, 4) is 0 Å². The number of rotatable bonds is 2. The van der Waals surface area contributed by atoms with Crippen molar-refractivity contribution >= 4 is 5.82 Å². The number of nitrogens with two attached hydrogens (primary N) is 1. The van der Waals surface area contributed by atoms with E-state index in [9.17, 15) is 9.90 Å². The third-order valence-electron chi connectivity index (χ3n) is 2.81. The molecule has 0 spiro atoms. The van der Waals surface area contributed by atoms with Gasteiger partial charge >= 0.3 is 5.69 Å². The van der Waals surface area contributed by atoms with Crippen molar-refractivity contribution in [2.45, 2.75) is 31.3 Å². The first-order valence-corrected chi connectivity index (χ1v) is 5.41. The van der Waals surface area contributed by atoms with Crippen molar-refractivity contribution in [3.05, 3.63) is 22.7 Å². The number of hydrogen-bond acceptors (Lipinski definition) is 6. The van der Waals surface area contributed by atoms with Crippen molar-refractivity contribution in [1.82, 2.24) is 9.55 Å². The lowest BCUT2D eigenvalue weighted by Gasteiger charge is -2.33. The maximum atomic E-state index is 11.6. The first-order chi connectivity index (χ1) is 8.11. The predicted octanol–water partition coefficient (Wildman–Crippen LogP) is -1.14. The number of nitrogen functional groups attached to an aromatic ring is 1. The van der Waals surface area contributed by atoms with Crippen molar-refractivity contribution < 1.29 is 14.9 Å². The molecule has 3 atom stereocenters. The van der Waals surface area contributed by atoms with Gasteiger partial charge in [-0.1, -0.05) is 0 Å². The van der Waals surface area contributed by atoms with Crippen molar-refractivity contribution in [2.75, 3.05) is 12.3 Å². The number of aliphatic hydroxyl groups excluding tert-OH is 2. The minimum atomic E-state index is -0.700. The van der Waals surface area contributed by atoms with Gasteiger partial charge in [0.15, 0.2) is 0 Å². The summed E-state index contributed by atoms with van der Waals surface area (Å²) in [5.41, 5.74) is 4.89. The summed E-state index contributed by atoms with van der Waals surface area (Å²) in [4.78, 5) is 15.2. The van der Waals surface area contributed by atoms with Crippen LogP contribution in [0, 0.1) is 0 Å². The van der Waals surface area contributed by atoms with Crippen molar-refractivity contribution in [2.24, 2.45) is 0 Å². The minimum absolute atomic E-state index is 0.154. The Labute approximate surface area is 97.5 Å². The highest BCUT2D eigenvalue weighted by molar-refractivity contribution is 5.23. The van der Waals surface area contributed by atoms with Gasteiger partial charge in [0.25, 0.3) is 0 Å². The van der Waals surface area contributed by atoms with Crippen LogP contribution in [0.1, 0.15) is 19.1 Å². The molecule has 1 aliphatic rings. The Hall–Kier alpha value is -1.44. The lowest BCUT2D eigenvalue weighted by Crippen LogP contribution is -2.42. The second-order valence-corrected chi connectivity index (χ2v) is 4.00. The summed E-state index contributed by atoms with van der Waals surface area (Å²) < 4.78 is 6.75. The Bertz CT molecular complexity index is 447. The summed E-state index contributed by atoms with van der Waals surface area (Å²) in [7, 11) is 0. The number of anilines is 1. The van der Waals surface area contributed by atoms with Crippen LogP contribution in [-0.4, -0.2) is 38.6 Å². The molecule has 7 nitrogen and oxygen atoms in total. The molecular formula is C10H15N3O4. The largest absolute Gasteiger partial charge is 0.394 e. The SMILES string of the molecule is Nc1ccn([C@H]2CCC(O)[C@@H](CO)O2)c(=O)n1. The highest BCUT2D eigenvalue weighted by Gasteiger charge is 2.30. The van der Waals surface area contributed by atoms with Crippen LogP contribution >= 0.6 is 0 Å². The third-order valence-corrected chi connectivity index (χ3v) is 2.81. The third kappa shape index (κ3) is 2.46. The Balaban J connectivity index is 2.20. The molecule has 0 aliphatic carbocycles. The summed E-state index contributed by atoms with van der Waals surface area (Å²) >= 11 is 0. The van der Waals surface area contributed by atoms with E-state index < -0.39 is 24.1 Å². The fourth-order valence-electron chi connectivity index (χ4n) is 1.87. The summed E-state index contributed by atoms with van der Waals surface area (Å²) in [5, 5.41) is 18.6. The maximum Gasteiger partial charge on any atom is 0.351 e. The molecule has 0 aromatic carbocycles. The Morgan fingerprint density at radius 3 is 3.00 bits per heavy atom. The normalized spacial score (nSPS) is 29.2. The van der Waals surface area contributed by atoms with Crippen LogP contribution in [-0.2, 0) is 4.74 Å². The van der Waals surface area contributed by atoms with Gasteiger partial charge in [-0.2, -0.15) is 4.98 Å². The van der Waals surface area contributed by atoms with E-state index in [1.54, 1.807) is 0 Å². The first kappa shape index (κ1) is 12.0. The topological polar surface area (TPSA) is 111 Å². The van der Waals surface area contributed by atoms with E-state index in [1.807, 2.05) is 0 Å². The molecule has 1 aliphatic heterocycles. The number of aromatic nitrogens is 2. The molecule has 1 aromatic heterocycles. The molecule has 0 radical (unpaired) electrons. The van der Waals surface area contributed by atoms with Gasteiger partial charge in [-0.05, 0) is 18.9 Å². The number of hydrogen-bond donors (Lipinski definition) is 3. The molecule has 0 bridgehead atoms. The fraction of sp³-hybridized carbons (Fsp3) is 0.600. The van der Waals surface area contributed by atoms with Crippen LogP contribution in [0.4, 0.5) is 5.82 Å². The van der Waals surface area contributed by atoms with E-state index in [-0.39, 0.29) is 12.4 Å². The highest BCUT2D eigenvalue weighted by atomic mass is 16.5. The number of aliphatic hydroxyl groups is 2. The average molecular weight is 241 g/mol. The van der Waals surface area contributed by atoms with Gasteiger partial charge in [-0.3, -0.25) is 4.57 Å². The molecule has 1 unspecified atom stereocenters. The maximum absolute atomic E-state index is 11.6. The highest BCUT2D eigenvalue weighted by Crippen LogP contribution is 2.25. The molecule has 0 amide bonds. The second kappa shape index (κ2) is 4.82. The first-order valence-electron chi connectivity index (χ1n) is 5.41. The molecular weight excluding hydrogens is 226 g/mol. The van der Waals surface area contributed by atoms with Gasteiger partial charge in [0.2, 0.25) is 0 Å². The van der Waals surface area contributed by atoms with Crippen molar-refractivity contribution in [1.29, 1.82) is 0 Å². The van der Waals surface area contributed by atoms with Crippen LogP contribution < -0.4 is 11.4 Å². The number of nitrogens with zero attached hydrogens (tertiary/aromatic N) is 2. The van der Waals surface area contributed by atoms with E-state index >= 15 is 0 Å². The van der Waals surface area contributed by atoms with Gasteiger partial charge < -0.3 is 20.7 Å². The fourth-order valence-corrected chi connectivity index (χ4v) is 1.87. The monoisotopic (exact) mass is 241 g/mol. The van der Waals surface area contributed by atoms with Crippen LogP contribution in [0.2, 0.25) is 0 Å².